The summed E-state index contributed by atoms with van der Waals surface area (Å²) in [6.45, 7) is 2.26. The van der Waals surface area contributed by atoms with Crippen LogP contribution in [-0.2, 0) is 6.42 Å². The van der Waals surface area contributed by atoms with Crippen LogP contribution in [0.5, 0.6) is 0 Å². The standard InChI is InChI=1S/C16H23N3S/c1-2-3-4-5-6-7-8-13-9-11-14(12-10-13)15-18-19-16(17)20-15/h9-12H,2-8H2,1H3,(H2,17,19). The van der Waals surface area contributed by atoms with Crippen molar-refractivity contribution in [2.75, 3.05) is 5.73 Å². The Morgan fingerprint density at radius 3 is 2.30 bits per heavy atom. The zero-order valence-electron chi connectivity index (χ0n) is 12.1. The van der Waals surface area contributed by atoms with Crippen LogP contribution in [0.2, 0.25) is 0 Å². The first-order chi connectivity index (χ1) is 9.79. The zero-order valence-corrected chi connectivity index (χ0v) is 13.0. The number of anilines is 1. The van der Waals surface area contributed by atoms with Gasteiger partial charge in [-0.2, -0.15) is 0 Å². The monoisotopic (exact) mass is 289 g/mol. The van der Waals surface area contributed by atoms with Crippen molar-refractivity contribution in [3.8, 4) is 10.6 Å². The molecule has 0 spiro atoms. The molecule has 0 amide bonds. The second-order valence-corrected chi connectivity index (χ2v) is 6.17. The van der Waals surface area contributed by atoms with Crippen LogP contribution in [0, 0.1) is 0 Å². The summed E-state index contributed by atoms with van der Waals surface area (Å²) in [5, 5.41) is 9.33. The molecule has 1 heterocycles. The Labute approximate surface area is 125 Å². The lowest BCUT2D eigenvalue weighted by molar-refractivity contribution is 0.607. The van der Waals surface area contributed by atoms with Gasteiger partial charge in [0, 0.05) is 5.56 Å². The van der Waals surface area contributed by atoms with E-state index >= 15 is 0 Å². The van der Waals surface area contributed by atoms with Gasteiger partial charge in [0.1, 0.15) is 5.01 Å². The molecule has 1 aromatic heterocycles. The van der Waals surface area contributed by atoms with E-state index in [1.165, 1.54) is 61.8 Å². The van der Waals surface area contributed by atoms with Crippen LogP contribution in [0.15, 0.2) is 24.3 Å². The number of nitrogens with two attached hydrogens (primary N) is 1. The number of nitrogens with zero attached hydrogens (tertiary/aromatic N) is 2. The number of rotatable bonds is 8. The van der Waals surface area contributed by atoms with E-state index in [-0.39, 0.29) is 0 Å². The van der Waals surface area contributed by atoms with Crippen LogP contribution in [0.4, 0.5) is 5.13 Å². The summed E-state index contributed by atoms with van der Waals surface area (Å²) < 4.78 is 0. The lowest BCUT2D eigenvalue weighted by atomic mass is 10.0. The van der Waals surface area contributed by atoms with E-state index in [1.54, 1.807) is 0 Å². The Kier molecular flexibility index (Phi) is 5.99. The lowest BCUT2D eigenvalue weighted by Gasteiger charge is -2.03. The summed E-state index contributed by atoms with van der Waals surface area (Å²) in [5.74, 6) is 0. The Balaban J connectivity index is 1.77. The van der Waals surface area contributed by atoms with Gasteiger partial charge in [0.2, 0.25) is 5.13 Å². The molecule has 20 heavy (non-hydrogen) atoms. The van der Waals surface area contributed by atoms with Gasteiger partial charge in [-0.1, -0.05) is 74.6 Å². The van der Waals surface area contributed by atoms with Crippen molar-refractivity contribution in [1.82, 2.24) is 10.2 Å². The molecule has 0 fully saturated rings. The maximum absolute atomic E-state index is 5.61. The maximum atomic E-state index is 5.61. The van der Waals surface area contributed by atoms with Gasteiger partial charge in [0.05, 0.1) is 0 Å². The summed E-state index contributed by atoms with van der Waals surface area (Å²) >= 11 is 1.43. The predicted molar refractivity (Wildman–Crippen MR) is 86.8 cm³/mol. The molecular formula is C16H23N3S. The van der Waals surface area contributed by atoms with Crippen LogP contribution in [0.3, 0.4) is 0 Å². The Morgan fingerprint density at radius 2 is 1.65 bits per heavy atom. The number of hydrogen-bond acceptors (Lipinski definition) is 4. The second kappa shape index (κ2) is 8.00. The highest BCUT2D eigenvalue weighted by atomic mass is 32.1. The van der Waals surface area contributed by atoms with E-state index in [1.807, 2.05) is 0 Å². The summed E-state index contributed by atoms with van der Waals surface area (Å²) in [6.07, 6.45) is 9.25. The van der Waals surface area contributed by atoms with E-state index in [0.717, 1.165) is 10.6 Å². The molecular weight excluding hydrogens is 266 g/mol. The first-order valence-corrected chi connectivity index (χ1v) is 8.29. The van der Waals surface area contributed by atoms with Crippen LogP contribution in [-0.4, -0.2) is 10.2 Å². The molecule has 0 atom stereocenters. The Morgan fingerprint density at radius 1 is 0.950 bits per heavy atom. The minimum atomic E-state index is 0.524. The number of unbranched alkanes of at least 4 members (excludes halogenated alkanes) is 5. The molecule has 0 aliphatic heterocycles. The van der Waals surface area contributed by atoms with Crippen LogP contribution < -0.4 is 5.73 Å². The van der Waals surface area contributed by atoms with Crippen molar-refractivity contribution < 1.29 is 0 Å². The van der Waals surface area contributed by atoms with E-state index in [2.05, 4.69) is 41.4 Å². The van der Waals surface area contributed by atoms with Crippen molar-refractivity contribution in [2.45, 2.75) is 51.9 Å². The quantitative estimate of drug-likeness (QED) is 0.717. The van der Waals surface area contributed by atoms with Crippen molar-refractivity contribution in [3.05, 3.63) is 29.8 Å². The third-order valence-electron chi connectivity index (χ3n) is 3.46. The lowest BCUT2D eigenvalue weighted by Crippen LogP contribution is -1.87. The summed E-state index contributed by atoms with van der Waals surface area (Å²) in [4.78, 5) is 0. The fourth-order valence-electron chi connectivity index (χ4n) is 2.27. The van der Waals surface area contributed by atoms with Crippen molar-refractivity contribution in [1.29, 1.82) is 0 Å². The molecule has 4 heteroatoms. The zero-order chi connectivity index (χ0) is 14.2. The molecule has 3 nitrogen and oxygen atoms in total. The molecule has 2 aromatic rings. The minimum absolute atomic E-state index is 0.524. The first-order valence-electron chi connectivity index (χ1n) is 7.48. The normalized spacial score (nSPS) is 10.8. The van der Waals surface area contributed by atoms with Crippen molar-refractivity contribution in [2.24, 2.45) is 0 Å². The van der Waals surface area contributed by atoms with Gasteiger partial charge in [0.25, 0.3) is 0 Å². The van der Waals surface area contributed by atoms with Gasteiger partial charge < -0.3 is 5.73 Å². The molecule has 2 rings (SSSR count). The fourth-order valence-corrected chi connectivity index (χ4v) is 2.89. The average Bonchev–Trinajstić information content (AvgIpc) is 2.90. The second-order valence-electron chi connectivity index (χ2n) is 5.16. The number of aryl methyl sites for hydroxylation is 1. The third-order valence-corrected chi connectivity index (χ3v) is 4.26. The molecule has 2 N–H and O–H groups in total. The van der Waals surface area contributed by atoms with Crippen LogP contribution in [0.1, 0.15) is 51.0 Å². The average molecular weight is 289 g/mol. The summed E-state index contributed by atoms with van der Waals surface area (Å²) in [6, 6.07) is 8.62. The van der Waals surface area contributed by atoms with Gasteiger partial charge in [-0.15, -0.1) is 10.2 Å². The molecule has 0 bridgehead atoms. The fraction of sp³-hybridized carbons (Fsp3) is 0.500. The van der Waals surface area contributed by atoms with Crippen LogP contribution >= 0.6 is 11.3 Å². The molecule has 1 aromatic carbocycles. The van der Waals surface area contributed by atoms with Crippen molar-refractivity contribution >= 4 is 16.5 Å². The number of aromatic nitrogens is 2. The summed E-state index contributed by atoms with van der Waals surface area (Å²) in [7, 11) is 0. The first kappa shape index (κ1) is 15.0. The highest BCUT2D eigenvalue weighted by molar-refractivity contribution is 7.18. The van der Waals surface area contributed by atoms with Crippen molar-refractivity contribution in [3.63, 3.8) is 0 Å². The molecule has 0 saturated heterocycles. The number of nitrogen functional groups attached to an aromatic ring is 1. The van der Waals surface area contributed by atoms with Gasteiger partial charge in [-0.3, -0.25) is 0 Å². The minimum Gasteiger partial charge on any atom is -0.374 e. The Bertz CT molecular complexity index is 505. The molecule has 0 aliphatic rings. The largest absolute Gasteiger partial charge is 0.374 e. The highest BCUT2D eigenvalue weighted by Gasteiger charge is 2.04. The molecule has 0 saturated carbocycles. The Hall–Kier alpha value is -1.42. The van der Waals surface area contributed by atoms with E-state index in [9.17, 15) is 0 Å². The number of hydrogen-bond donors (Lipinski definition) is 1. The van der Waals surface area contributed by atoms with Gasteiger partial charge in [-0.05, 0) is 18.4 Å². The van der Waals surface area contributed by atoms with E-state index in [0.29, 0.717) is 5.13 Å². The van der Waals surface area contributed by atoms with Gasteiger partial charge in [-0.25, -0.2) is 0 Å². The molecule has 0 radical (unpaired) electrons. The predicted octanol–water partition coefficient (Wildman–Crippen LogP) is 4.69. The maximum Gasteiger partial charge on any atom is 0.203 e. The van der Waals surface area contributed by atoms with Gasteiger partial charge in [0.15, 0.2) is 0 Å². The number of benzene rings is 1. The van der Waals surface area contributed by atoms with Crippen LogP contribution in [0.25, 0.3) is 10.6 Å². The summed E-state index contributed by atoms with van der Waals surface area (Å²) in [5.41, 5.74) is 8.11. The van der Waals surface area contributed by atoms with Gasteiger partial charge >= 0.3 is 0 Å². The SMILES string of the molecule is CCCCCCCCc1ccc(-c2nnc(N)s2)cc1. The molecule has 108 valence electrons. The third kappa shape index (κ3) is 4.60. The molecule has 0 unspecified atom stereocenters. The van der Waals surface area contributed by atoms with E-state index in [4.69, 9.17) is 5.73 Å². The topological polar surface area (TPSA) is 51.8 Å². The highest BCUT2D eigenvalue weighted by Crippen LogP contribution is 2.25. The van der Waals surface area contributed by atoms with E-state index < -0.39 is 0 Å². The smallest absolute Gasteiger partial charge is 0.203 e. The molecule has 0 aliphatic carbocycles.